The van der Waals surface area contributed by atoms with E-state index in [2.05, 4.69) is 15.6 Å². The number of halogens is 2. The van der Waals surface area contributed by atoms with Gasteiger partial charge in [-0.3, -0.25) is 0 Å². The maximum atomic E-state index is 13.0. The molecule has 0 fully saturated rings. The van der Waals surface area contributed by atoms with Crippen LogP contribution in [0.4, 0.5) is 4.39 Å². The van der Waals surface area contributed by atoms with E-state index in [0.29, 0.717) is 38.0 Å². The number of aryl methyl sites for hydroxylation is 1. The summed E-state index contributed by atoms with van der Waals surface area (Å²) in [5, 5.41) is 16.5. The number of benzene rings is 2. The average Bonchev–Trinajstić information content (AvgIpc) is 2.79. The first-order valence-corrected chi connectivity index (χ1v) is 10.8. The highest BCUT2D eigenvalue weighted by atomic mass is 127. The zero-order valence-electron chi connectivity index (χ0n) is 19.5. The van der Waals surface area contributed by atoms with Crippen LogP contribution in [0.25, 0.3) is 0 Å². The van der Waals surface area contributed by atoms with Gasteiger partial charge in [-0.2, -0.15) is 0 Å². The predicted octanol–water partition coefficient (Wildman–Crippen LogP) is 3.66. The highest BCUT2D eigenvalue weighted by molar-refractivity contribution is 14.0. The van der Waals surface area contributed by atoms with E-state index in [-0.39, 0.29) is 42.9 Å². The minimum Gasteiger partial charge on any atom is -0.493 e. The molecule has 0 spiro atoms. The molecular weight excluding hydrogens is 540 g/mol. The molecule has 0 radical (unpaired) electrons. The van der Waals surface area contributed by atoms with E-state index in [0.717, 1.165) is 23.3 Å². The lowest BCUT2D eigenvalue weighted by Gasteiger charge is -2.16. The van der Waals surface area contributed by atoms with Crippen LogP contribution < -0.4 is 20.1 Å². The van der Waals surface area contributed by atoms with Crippen LogP contribution in [0, 0.1) is 12.7 Å². The van der Waals surface area contributed by atoms with Gasteiger partial charge in [-0.15, -0.1) is 24.0 Å². The average molecular weight is 575 g/mol. The van der Waals surface area contributed by atoms with Gasteiger partial charge in [-0.25, -0.2) is 9.38 Å². The summed E-state index contributed by atoms with van der Waals surface area (Å²) in [6.45, 7) is 6.67. The fourth-order valence-corrected chi connectivity index (χ4v) is 2.81. The Balaban J connectivity index is 0.00000544. The van der Waals surface area contributed by atoms with E-state index in [1.54, 1.807) is 7.11 Å². The number of hydrogen-bond acceptors (Lipinski definition) is 5. The van der Waals surface area contributed by atoms with Crippen LogP contribution in [0.5, 0.6) is 11.5 Å². The number of guanidine groups is 1. The zero-order chi connectivity index (χ0) is 23.2. The van der Waals surface area contributed by atoms with Crippen molar-refractivity contribution in [1.29, 1.82) is 0 Å². The largest absolute Gasteiger partial charge is 0.493 e. The van der Waals surface area contributed by atoms with Crippen LogP contribution in [0.15, 0.2) is 47.5 Å². The van der Waals surface area contributed by atoms with Crippen molar-refractivity contribution in [3.63, 3.8) is 0 Å². The molecule has 3 N–H and O–H groups in total. The monoisotopic (exact) mass is 575 g/mol. The number of nitrogens with one attached hydrogen (secondary N) is 2. The second-order valence-corrected chi connectivity index (χ2v) is 7.30. The lowest BCUT2D eigenvalue weighted by molar-refractivity contribution is 0.110. The minimum absolute atomic E-state index is 0. The van der Waals surface area contributed by atoms with Gasteiger partial charge in [-0.05, 0) is 49.7 Å². The molecule has 0 aromatic heterocycles. The van der Waals surface area contributed by atoms with Gasteiger partial charge in [0.05, 0.1) is 13.2 Å². The smallest absolute Gasteiger partial charge is 0.191 e. The van der Waals surface area contributed by atoms with Crippen molar-refractivity contribution in [2.45, 2.75) is 32.9 Å². The summed E-state index contributed by atoms with van der Waals surface area (Å²) in [6.07, 6.45) is 0.0536. The van der Waals surface area contributed by atoms with Gasteiger partial charge in [0.1, 0.15) is 30.0 Å². The maximum absolute atomic E-state index is 13.0. The Bertz CT molecular complexity index is 837. The number of aliphatic hydroxyl groups excluding tert-OH is 1. The standard InChI is InChI=1S/C24H34FN3O4.HI/c1-4-26-24(28-16-21(29)17-32-22-10-8-20(25)9-11-22)27-15-19-7-6-18(2)14-23(19)31-13-5-12-30-3;/h6-11,14,21,29H,4-5,12-13,15-17H2,1-3H3,(H2,26,27,28);1H. The van der Waals surface area contributed by atoms with E-state index in [9.17, 15) is 9.50 Å². The SMILES string of the molecule is CCNC(=NCc1ccc(C)cc1OCCCOC)NCC(O)COc1ccc(F)cc1.I. The van der Waals surface area contributed by atoms with Crippen molar-refractivity contribution in [3.8, 4) is 11.5 Å². The van der Waals surface area contributed by atoms with Crippen LogP contribution in [0.3, 0.4) is 0 Å². The zero-order valence-corrected chi connectivity index (χ0v) is 21.8. The number of aliphatic imine (C=N–C) groups is 1. The molecule has 0 saturated carbocycles. The van der Waals surface area contributed by atoms with E-state index in [4.69, 9.17) is 14.2 Å². The van der Waals surface area contributed by atoms with Crippen molar-refractivity contribution in [3.05, 3.63) is 59.4 Å². The molecule has 0 aliphatic rings. The summed E-state index contributed by atoms with van der Waals surface area (Å²) in [5.74, 6) is 1.57. The van der Waals surface area contributed by atoms with Crippen LogP contribution in [-0.4, -0.2) is 57.2 Å². The summed E-state index contributed by atoms with van der Waals surface area (Å²) >= 11 is 0. The van der Waals surface area contributed by atoms with Crippen molar-refractivity contribution >= 4 is 29.9 Å². The molecule has 1 unspecified atom stereocenters. The summed E-state index contributed by atoms with van der Waals surface area (Å²) < 4.78 is 29.4. The molecule has 0 heterocycles. The molecular formula is C24H35FIN3O4. The summed E-state index contributed by atoms with van der Waals surface area (Å²) in [7, 11) is 1.67. The fourth-order valence-electron chi connectivity index (χ4n) is 2.81. The second kappa shape index (κ2) is 16.5. The molecule has 7 nitrogen and oxygen atoms in total. The summed E-state index contributed by atoms with van der Waals surface area (Å²) in [4.78, 5) is 4.61. The van der Waals surface area contributed by atoms with Crippen LogP contribution in [-0.2, 0) is 11.3 Å². The normalized spacial score (nSPS) is 12.0. The summed E-state index contributed by atoms with van der Waals surface area (Å²) in [5.41, 5.74) is 2.10. The minimum atomic E-state index is -0.761. The molecule has 0 amide bonds. The lowest BCUT2D eigenvalue weighted by atomic mass is 10.1. The van der Waals surface area contributed by atoms with Gasteiger partial charge < -0.3 is 30.0 Å². The number of hydrogen-bond donors (Lipinski definition) is 3. The maximum Gasteiger partial charge on any atom is 0.191 e. The Hall–Kier alpha value is -2.11. The molecule has 1 atom stereocenters. The van der Waals surface area contributed by atoms with Crippen molar-refractivity contribution < 1.29 is 23.7 Å². The Morgan fingerprint density at radius 3 is 2.55 bits per heavy atom. The third-order valence-corrected chi connectivity index (χ3v) is 4.49. The highest BCUT2D eigenvalue weighted by Gasteiger charge is 2.09. The van der Waals surface area contributed by atoms with Gasteiger partial charge in [0.15, 0.2) is 5.96 Å². The summed E-state index contributed by atoms with van der Waals surface area (Å²) in [6, 6.07) is 11.7. The lowest BCUT2D eigenvalue weighted by Crippen LogP contribution is -2.42. The topological polar surface area (TPSA) is 84.3 Å². The van der Waals surface area contributed by atoms with Gasteiger partial charge in [0.2, 0.25) is 0 Å². The van der Waals surface area contributed by atoms with Gasteiger partial charge in [0.25, 0.3) is 0 Å². The van der Waals surface area contributed by atoms with E-state index in [1.807, 2.05) is 32.0 Å². The van der Waals surface area contributed by atoms with Gasteiger partial charge in [-0.1, -0.05) is 12.1 Å². The molecule has 0 aliphatic carbocycles. The van der Waals surface area contributed by atoms with Crippen LogP contribution in [0.2, 0.25) is 0 Å². The third-order valence-electron chi connectivity index (χ3n) is 4.49. The second-order valence-electron chi connectivity index (χ2n) is 7.30. The first-order chi connectivity index (χ1) is 15.5. The molecule has 2 aromatic rings. The van der Waals surface area contributed by atoms with Gasteiger partial charge >= 0.3 is 0 Å². The van der Waals surface area contributed by atoms with E-state index in [1.165, 1.54) is 24.3 Å². The molecule has 184 valence electrons. The number of nitrogens with zero attached hydrogens (tertiary/aromatic N) is 1. The molecule has 33 heavy (non-hydrogen) atoms. The third kappa shape index (κ3) is 11.5. The van der Waals surface area contributed by atoms with Crippen LogP contribution in [0.1, 0.15) is 24.5 Å². The van der Waals surface area contributed by atoms with Crippen LogP contribution >= 0.6 is 24.0 Å². The number of methoxy groups -OCH3 is 1. The quantitative estimate of drug-likeness (QED) is 0.146. The molecule has 0 bridgehead atoms. The first-order valence-electron chi connectivity index (χ1n) is 10.8. The van der Waals surface area contributed by atoms with Crippen molar-refractivity contribution in [2.75, 3.05) is 40.0 Å². The molecule has 0 aliphatic heterocycles. The molecule has 2 aromatic carbocycles. The van der Waals surface area contributed by atoms with Crippen molar-refractivity contribution in [2.24, 2.45) is 4.99 Å². The Morgan fingerprint density at radius 2 is 1.85 bits per heavy atom. The molecule has 9 heteroatoms. The predicted molar refractivity (Wildman–Crippen MR) is 139 cm³/mol. The molecule has 0 saturated heterocycles. The number of aliphatic hydroxyl groups is 1. The number of rotatable bonds is 13. The van der Waals surface area contributed by atoms with E-state index >= 15 is 0 Å². The first kappa shape index (κ1) is 28.9. The Kier molecular flexibility index (Phi) is 14.5. The highest BCUT2D eigenvalue weighted by Crippen LogP contribution is 2.21. The Morgan fingerprint density at radius 1 is 1.09 bits per heavy atom. The Labute approximate surface area is 212 Å². The fraction of sp³-hybridized carbons (Fsp3) is 0.458. The van der Waals surface area contributed by atoms with Crippen molar-refractivity contribution in [1.82, 2.24) is 10.6 Å². The van der Waals surface area contributed by atoms with E-state index < -0.39 is 6.10 Å². The number of ether oxygens (including phenoxy) is 3. The van der Waals surface area contributed by atoms with Gasteiger partial charge in [0, 0.05) is 38.8 Å². The molecule has 2 rings (SSSR count).